The zero-order valence-electron chi connectivity index (χ0n) is 10.5. The fourth-order valence-electron chi connectivity index (χ4n) is 1.74. The van der Waals surface area contributed by atoms with E-state index in [1.165, 1.54) is 6.07 Å². The summed E-state index contributed by atoms with van der Waals surface area (Å²) in [5.74, 6) is -0.780. The number of aryl methyl sites for hydroxylation is 1. The highest BCUT2D eigenvalue weighted by Gasteiger charge is 2.33. The van der Waals surface area contributed by atoms with Gasteiger partial charge in [-0.15, -0.1) is 0 Å². The molecule has 0 atom stereocenters. The van der Waals surface area contributed by atoms with E-state index >= 15 is 0 Å². The van der Waals surface area contributed by atoms with Crippen LogP contribution in [0.2, 0.25) is 0 Å². The van der Waals surface area contributed by atoms with E-state index in [-0.39, 0.29) is 23.8 Å². The van der Waals surface area contributed by atoms with Crippen molar-refractivity contribution in [2.75, 3.05) is 25.0 Å². The molecule has 0 saturated carbocycles. The largest absolute Gasteiger partial charge is 0.363 e. The molecule has 2 N–H and O–H groups in total. The number of halogens is 1. The number of amides is 1. The Bertz CT molecular complexity index is 458. The van der Waals surface area contributed by atoms with E-state index in [1.807, 2.05) is 13.8 Å². The first-order valence-corrected chi connectivity index (χ1v) is 5.89. The quantitative estimate of drug-likeness (QED) is 0.852. The van der Waals surface area contributed by atoms with Crippen molar-refractivity contribution in [3.05, 3.63) is 29.6 Å². The molecular weight excluding hydrogens is 235 g/mol. The number of carbonyl (C=O) groups excluding carboxylic acids is 1. The summed E-state index contributed by atoms with van der Waals surface area (Å²) in [6.07, 6.45) is 0. The number of nitrogens with one attached hydrogen (secondary N) is 2. The molecule has 1 aliphatic rings. The van der Waals surface area contributed by atoms with E-state index in [4.69, 9.17) is 4.74 Å². The molecule has 18 heavy (non-hydrogen) atoms. The van der Waals surface area contributed by atoms with E-state index in [9.17, 15) is 9.18 Å². The van der Waals surface area contributed by atoms with E-state index in [0.29, 0.717) is 0 Å². The molecular formula is C13H17FN2O2. The Hall–Kier alpha value is -1.46. The Morgan fingerprint density at radius 2 is 2.28 bits per heavy atom. The topological polar surface area (TPSA) is 50.4 Å². The zero-order chi connectivity index (χ0) is 13.2. The van der Waals surface area contributed by atoms with Crippen LogP contribution in [-0.2, 0) is 9.53 Å². The molecule has 98 valence electrons. The van der Waals surface area contributed by atoms with E-state index < -0.39 is 5.82 Å². The van der Waals surface area contributed by atoms with Crippen molar-refractivity contribution >= 4 is 11.6 Å². The van der Waals surface area contributed by atoms with Crippen LogP contribution >= 0.6 is 0 Å². The van der Waals surface area contributed by atoms with Gasteiger partial charge in [0.25, 0.3) is 0 Å². The lowest BCUT2D eigenvalue weighted by atomic mass is 10.0. The van der Waals surface area contributed by atoms with Crippen LogP contribution < -0.4 is 10.6 Å². The average Bonchev–Trinajstić information content (AvgIpc) is 2.29. The third-order valence-electron chi connectivity index (χ3n) is 2.95. The number of rotatable bonds is 4. The molecule has 1 aliphatic heterocycles. The Balaban J connectivity index is 1.88. The number of hydrogen-bond acceptors (Lipinski definition) is 3. The molecule has 5 heteroatoms. The zero-order valence-corrected chi connectivity index (χ0v) is 10.5. The van der Waals surface area contributed by atoms with Gasteiger partial charge in [0, 0.05) is 13.1 Å². The minimum atomic E-state index is -0.439. The second-order valence-electron chi connectivity index (χ2n) is 4.87. The molecule has 1 aromatic rings. The van der Waals surface area contributed by atoms with Crippen LogP contribution in [0, 0.1) is 12.7 Å². The first kappa shape index (κ1) is 13.0. The van der Waals surface area contributed by atoms with E-state index in [0.717, 1.165) is 18.7 Å². The summed E-state index contributed by atoms with van der Waals surface area (Å²) in [6, 6.07) is 4.59. The molecule has 4 nitrogen and oxygen atoms in total. The summed E-state index contributed by atoms with van der Waals surface area (Å²) in [6.45, 7) is 5.18. The van der Waals surface area contributed by atoms with Crippen molar-refractivity contribution in [2.24, 2.45) is 0 Å². The number of ether oxygens (including phenoxy) is 1. The van der Waals surface area contributed by atoms with E-state index in [2.05, 4.69) is 10.6 Å². The van der Waals surface area contributed by atoms with Gasteiger partial charge in [-0.1, -0.05) is 6.07 Å². The number of anilines is 1. The van der Waals surface area contributed by atoms with Gasteiger partial charge in [-0.2, -0.15) is 0 Å². The Kier molecular flexibility index (Phi) is 3.63. The van der Waals surface area contributed by atoms with Crippen LogP contribution in [-0.4, -0.2) is 31.2 Å². The van der Waals surface area contributed by atoms with Crippen LogP contribution in [0.5, 0.6) is 0 Å². The Morgan fingerprint density at radius 3 is 2.89 bits per heavy atom. The van der Waals surface area contributed by atoms with Crippen LogP contribution in [0.4, 0.5) is 10.1 Å². The first-order chi connectivity index (χ1) is 8.48. The van der Waals surface area contributed by atoms with Gasteiger partial charge in [0.1, 0.15) is 12.4 Å². The van der Waals surface area contributed by atoms with Gasteiger partial charge in [0.15, 0.2) is 0 Å². The number of hydrogen-bond donors (Lipinski definition) is 2. The first-order valence-electron chi connectivity index (χ1n) is 5.89. The Morgan fingerprint density at radius 1 is 1.56 bits per heavy atom. The van der Waals surface area contributed by atoms with Crippen LogP contribution in [0.1, 0.15) is 12.5 Å². The lowest BCUT2D eigenvalue weighted by Gasteiger charge is -2.38. The van der Waals surface area contributed by atoms with Crippen LogP contribution in [0.3, 0.4) is 0 Å². The van der Waals surface area contributed by atoms with Gasteiger partial charge in [0.2, 0.25) is 5.91 Å². The van der Waals surface area contributed by atoms with Gasteiger partial charge >= 0.3 is 0 Å². The molecule has 0 radical (unpaired) electrons. The molecule has 0 spiro atoms. The molecule has 1 amide bonds. The summed E-state index contributed by atoms with van der Waals surface area (Å²) in [4.78, 5) is 11.6. The van der Waals surface area contributed by atoms with Gasteiger partial charge in [0.05, 0.1) is 11.3 Å². The maximum Gasteiger partial charge on any atom is 0.250 e. The smallest absolute Gasteiger partial charge is 0.250 e. The minimum Gasteiger partial charge on any atom is -0.363 e. The second kappa shape index (κ2) is 5.04. The molecule has 1 aromatic carbocycles. The van der Waals surface area contributed by atoms with Gasteiger partial charge in [-0.05, 0) is 31.5 Å². The molecule has 1 fully saturated rings. The predicted molar refractivity (Wildman–Crippen MR) is 67.0 cm³/mol. The van der Waals surface area contributed by atoms with Crippen molar-refractivity contribution in [3.8, 4) is 0 Å². The fourth-order valence-corrected chi connectivity index (χ4v) is 1.74. The molecule has 1 heterocycles. The SMILES string of the molecule is Cc1ccc(F)c(NC(=O)COC2(C)CNC2)c1. The highest BCUT2D eigenvalue weighted by atomic mass is 19.1. The van der Waals surface area contributed by atoms with Crippen LogP contribution in [0.25, 0.3) is 0 Å². The third-order valence-corrected chi connectivity index (χ3v) is 2.95. The fraction of sp³-hybridized carbons (Fsp3) is 0.462. The van der Waals surface area contributed by atoms with Crippen LogP contribution in [0.15, 0.2) is 18.2 Å². The summed E-state index contributed by atoms with van der Waals surface area (Å²) >= 11 is 0. The normalized spacial score (nSPS) is 17.1. The highest BCUT2D eigenvalue weighted by Crippen LogP contribution is 2.17. The minimum absolute atomic E-state index is 0.0639. The van der Waals surface area contributed by atoms with Gasteiger partial charge < -0.3 is 15.4 Å². The average molecular weight is 252 g/mol. The lowest BCUT2D eigenvalue weighted by Crippen LogP contribution is -2.59. The maximum absolute atomic E-state index is 13.4. The van der Waals surface area contributed by atoms with Crippen molar-refractivity contribution in [1.29, 1.82) is 0 Å². The summed E-state index contributed by atoms with van der Waals surface area (Å²) in [7, 11) is 0. The Labute approximate surface area is 106 Å². The standard InChI is InChI=1S/C13H17FN2O2/c1-9-3-4-10(14)11(5-9)16-12(17)6-18-13(2)7-15-8-13/h3-5,15H,6-8H2,1-2H3,(H,16,17). The monoisotopic (exact) mass is 252 g/mol. The molecule has 0 unspecified atom stereocenters. The second-order valence-corrected chi connectivity index (χ2v) is 4.87. The van der Waals surface area contributed by atoms with Crippen molar-refractivity contribution in [1.82, 2.24) is 5.32 Å². The third kappa shape index (κ3) is 3.05. The predicted octanol–water partition coefficient (Wildman–Crippen LogP) is 1.45. The molecule has 0 bridgehead atoms. The molecule has 0 aliphatic carbocycles. The lowest BCUT2D eigenvalue weighted by molar-refractivity contribution is -0.130. The van der Waals surface area contributed by atoms with Crippen molar-refractivity contribution in [3.63, 3.8) is 0 Å². The van der Waals surface area contributed by atoms with E-state index in [1.54, 1.807) is 12.1 Å². The van der Waals surface area contributed by atoms with Crippen molar-refractivity contribution < 1.29 is 13.9 Å². The molecule has 1 saturated heterocycles. The summed E-state index contributed by atoms with van der Waals surface area (Å²) in [5.41, 5.74) is 0.811. The highest BCUT2D eigenvalue weighted by molar-refractivity contribution is 5.91. The summed E-state index contributed by atoms with van der Waals surface area (Å²) in [5, 5.41) is 5.59. The van der Waals surface area contributed by atoms with Gasteiger partial charge in [-0.25, -0.2) is 4.39 Å². The number of benzene rings is 1. The molecule has 0 aromatic heterocycles. The van der Waals surface area contributed by atoms with Gasteiger partial charge in [-0.3, -0.25) is 4.79 Å². The summed E-state index contributed by atoms with van der Waals surface area (Å²) < 4.78 is 18.9. The maximum atomic E-state index is 13.4. The number of carbonyl (C=O) groups is 1. The molecule has 2 rings (SSSR count). The van der Waals surface area contributed by atoms with Crippen molar-refractivity contribution in [2.45, 2.75) is 19.4 Å².